The Labute approximate surface area is 129 Å². The third-order valence-corrected chi connectivity index (χ3v) is 3.73. The summed E-state index contributed by atoms with van der Waals surface area (Å²) in [5, 5.41) is 0. The van der Waals surface area contributed by atoms with Crippen molar-refractivity contribution in [3.05, 3.63) is 48.2 Å². The van der Waals surface area contributed by atoms with E-state index in [4.69, 9.17) is 4.74 Å². The minimum Gasteiger partial charge on any atom is -0.471 e. The first-order valence-electron chi connectivity index (χ1n) is 7.37. The van der Waals surface area contributed by atoms with Gasteiger partial charge in [0.25, 0.3) is 5.91 Å². The molecule has 0 N–H and O–H groups in total. The van der Waals surface area contributed by atoms with Gasteiger partial charge in [0.05, 0.1) is 18.3 Å². The van der Waals surface area contributed by atoms with E-state index in [1.165, 1.54) is 0 Å². The number of hydrogen-bond donors (Lipinski definition) is 0. The van der Waals surface area contributed by atoms with E-state index in [2.05, 4.69) is 15.0 Å². The number of aryl methyl sites for hydroxylation is 1. The van der Waals surface area contributed by atoms with Crippen molar-refractivity contribution >= 4 is 5.91 Å². The normalized spacial score (nSPS) is 18.0. The average Bonchev–Trinajstić information content (AvgIpc) is 2.56. The van der Waals surface area contributed by atoms with Crippen LogP contribution in [0.15, 0.2) is 36.9 Å². The fourth-order valence-electron chi connectivity index (χ4n) is 2.62. The van der Waals surface area contributed by atoms with Crippen molar-refractivity contribution in [1.29, 1.82) is 0 Å². The maximum atomic E-state index is 12.6. The van der Waals surface area contributed by atoms with Crippen molar-refractivity contribution < 1.29 is 9.53 Å². The van der Waals surface area contributed by atoms with Gasteiger partial charge in [-0.1, -0.05) is 0 Å². The van der Waals surface area contributed by atoms with Crippen LogP contribution in [-0.4, -0.2) is 45.0 Å². The van der Waals surface area contributed by atoms with Gasteiger partial charge in [-0.15, -0.1) is 0 Å². The Morgan fingerprint density at radius 2 is 2.23 bits per heavy atom. The molecule has 1 saturated heterocycles. The number of carbonyl (C=O) groups excluding carboxylic acids is 1. The molecule has 22 heavy (non-hydrogen) atoms. The topological polar surface area (TPSA) is 68.2 Å². The number of hydrogen-bond acceptors (Lipinski definition) is 5. The smallest absolute Gasteiger partial charge is 0.255 e. The number of pyridine rings is 1. The number of aromatic nitrogens is 3. The molecule has 0 aromatic carbocycles. The first kappa shape index (κ1) is 14.4. The Kier molecular flexibility index (Phi) is 4.27. The molecule has 0 radical (unpaired) electrons. The summed E-state index contributed by atoms with van der Waals surface area (Å²) < 4.78 is 5.82. The zero-order valence-electron chi connectivity index (χ0n) is 12.5. The molecule has 114 valence electrons. The molecular weight excluding hydrogens is 280 g/mol. The highest BCUT2D eigenvalue weighted by molar-refractivity contribution is 5.95. The van der Waals surface area contributed by atoms with Crippen molar-refractivity contribution in [2.24, 2.45) is 0 Å². The average molecular weight is 298 g/mol. The summed E-state index contributed by atoms with van der Waals surface area (Å²) in [4.78, 5) is 26.7. The van der Waals surface area contributed by atoms with Crippen LogP contribution in [0.5, 0.6) is 5.88 Å². The molecule has 1 fully saturated rings. The van der Waals surface area contributed by atoms with Gasteiger partial charge in [0.15, 0.2) is 0 Å². The fourth-order valence-corrected chi connectivity index (χ4v) is 2.62. The minimum atomic E-state index is -0.0497. The van der Waals surface area contributed by atoms with Crippen molar-refractivity contribution in [2.45, 2.75) is 25.9 Å². The summed E-state index contributed by atoms with van der Waals surface area (Å²) in [6.45, 7) is 3.15. The summed E-state index contributed by atoms with van der Waals surface area (Å²) >= 11 is 0. The number of amides is 1. The van der Waals surface area contributed by atoms with Crippen molar-refractivity contribution in [2.75, 3.05) is 13.1 Å². The molecule has 0 spiro atoms. The van der Waals surface area contributed by atoms with Gasteiger partial charge >= 0.3 is 0 Å². The van der Waals surface area contributed by atoms with E-state index in [9.17, 15) is 4.79 Å². The highest BCUT2D eigenvalue weighted by Gasteiger charge is 2.26. The number of rotatable bonds is 3. The highest BCUT2D eigenvalue weighted by Crippen LogP contribution is 2.18. The lowest BCUT2D eigenvalue weighted by Crippen LogP contribution is -2.44. The van der Waals surface area contributed by atoms with Crippen molar-refractivity contribution in [3.63, 3.8) is 0 Å². The van der Waals surface area contributed by atoms with Gasteiger partial charge in [0.2, 0.25) is 5.88 Å². The minimum absolute atomic E-state index is 0.0121. The molecule has 3 heterocycles. The quantitative estimate of drug-likeness (QED) is 0.865. The van der Waals surface area contributed by atoms with Gasteiger partial charge in [0, 0.05) is 30.8 Å². The Balaban J connectivity index is 1.68. The standard InChI is InChI=1S/C16H18N4O2/c1-12-14(5-2-6-18-12)16(21)20-9-3-4-13(11-20)22-15-10-17-7-8-19-15/h2,5-8,10,13H,3-4,9,11H2,1H3. The first-order chi connectivity index (χ1) is 10.7. The third kappa shape index (κ3) is 3.21. The van der Waals surface area contributed by atoms with Crippen LogP contribution in [0.1, 0.15) is 28.9 Å². The van der Waals surface area contributed by atoms with Crippen LogP contribution in [0.4, 0.5) is 0 Å². The molecule has 6 nitrogen and oxygen atoms in total. The van der Waals surface area contributed by atoms with Crippen LogP contribution in [0.2, 0.25) is 0 Å². The number of piperidine rings is 1. The SMILES string of the molecule is Cc1ncccc1C(=O)N1CCCC(Oc2cnccn2)C1. The molecule has 0 saturated carbocycles. The van der Waals surface area contributed by atoms with E-state index in [1.54, 1.807) is 30.9 Å². The van der Waals surface area contributed by atoms with Gasteiger partial charge in [0.1, 0.15) is 6.10 Å². The van der Waals surface area contributed by atoms with Gasteiger partial charge in [-0.3, -0.25) is 14.8 Å². The molecule has 3 rings (SSSR count). The van der Waals surface area contributed by atoms with E-state index in [0.29, 0.717) is 18.0 Å². The molecule has 6 heteroatoms. The van der Waals surface area contributed by atoms with Crippen LogP contribution in [0.3, 0.4) is 0 Å². The van der Waals surface area contributed by atoms with Crippen LogP contribution >= 0.6 is 0 Å². The van der Waals surface area contributed by atoms with Crippen molar-refractivity contribution in [3.8, 4) is 5.88 Å². The fraction of sp³-hybridized carbons (Fsp3) is 0.375. The Bertz CT molecular complexity index is 648. The molecular formula is C16H18N4O2. The zero-order chi connectivity index (χ0) is 15.4. The second-order valence-electron chi connectivity index (χ2n) is 5.31. The predicted octanol–water partition coefficient (Wildman–Crippen LogP) is 1.86. The Hall–Kier alpha value is -2.50. The monoisotopic (exact) mass is 298 g/mol. The molecule has 2 aromatic rings. The third-order valence-electron chi connectivity index (χ3n) is 3.73. The van der Waals surface area contributed by atoms with Gasteiger partial charge < -0.3 is 9.64 Å². The molecule has 2 aromatic heterocycles. The number of ether oxygens (including phenoxy) is 1. The summed E-state index contributed by atoms with van der Waals surface area (Å²) in [5.74, 6) is 0.511. The maximum Gasteiger partial charge on any atom is 0.255 e. The lowest BCUT2D eigenvalue weighted by molar-refractivity contribution is 0.0525. The lowest BCUT2D eigenvalue weighted by atomic mass is 10.1. The summed E-state index contributed by atoms with van der Waals surface area (Å²) in [6, 6.07) is 3.61. The molecule has 1 aliphatic heterocycles. The second-order valence-corrected chi connectivity index (χ2v) is 5.31. The highest BCUT2D eigenvalue weighted by atomic mass is 16.5. The molecule has 1 aliphatic rings. The largest absolute Gasteiger partial charge is 0.471 e. The lowest BCUT2D eigenvalue weighted by Gasteiger charge is -2.32. The second kappa shape index (κ2) is 6.51. The van der Waals surface area contributed by atoms with Crippen LogP contribution < -0.4 is 4.74 Å². The van der Waals surface area contributed by atoms with Crippen LogP contribution in [0.25, 0.3) is 0 Å². The molecule has 1 amide bonds. The van der Waals surface area contributed by atoms with Gasteiger partial charge in [-0.05, 0) is 31.9 Å². The maximum absolute atomic E-state index is 12.6. The Morgan fingerprint density at radius 3 is 3.00 bits per heavy atom. The van der Waals surface area contributed by atoms with Crippen LogP contribution in [-0.2, 0) is 0 Å². The van der Waals surface area contributed by atoms with E-state index in [1.807, 2.05) is 17.9 Å². The number of nitrogens with zero attached hydrogens (tertiary/aromatic N) is 4. The van der Waals surface area contributed by atoms with E-state index in [-0.39, 0.29) is 12.0 Å². The van der Waals surface area contributed by atoms with Crippen LogP contribution in [0, 0.1) is 6.92 Å². The molecule has 0 aliphatic carbocycles. The Morgan fingerprint density at radius 1 is 1.32 bits per heavy atom. The summed E-state index contributed by atoms with van der Waals surface area (Å²) in [7, 11) is 0. The number of likely N-dealkylation sites (tertiary alicyclic amines) is 1. The van der Waals surface area contributed by atoms with Gasteiger partial charge in [-0.25, -0.2) is 4.98 Å². The van der Waals surface area contributed by atoms with E-state index in [0.717, 1.165) is 25.1 Å². The van der Waals surface area contributed by atoms with E-state index >= 15 is 0 Å². The molecule has 1 unspecified atom stereocenters. The predicted molar refractivity (Wildman–Crippen MR) is 80.6 cm³/mol. The molecule has 0 bridgehead atoms. The molecule has 1 atom stereocenters. The first-order valence-corrected chi connectivity index (χ1v) is 7.37. The van der Waals surface area contributed by atoms with Gasteiger partial charge in [-0.2, -0.15) is 0 Å². The van der Waals surface area contributed by atoms with E-state index < -0.39 is 0 Å². The van der Waals surface area contributed by atoms with Crippen molar-refractivity contribution in [1.82, 2.24) is 19.9 Å². The summed E-state index contributed by atoms with van der Waals surface area (Å²) in [6.07, 6.45) is 8.26. The summed E-state index contributed by atoms with van der Waals surface area (Å²) in [5.41, 5.74) is 1.41. The number of carbonyl (C=O) groups is 1. The zero-order valence-corrected chi connectivity index (χ0v) is 12.5.